The van der Waals surface area contributed by atoms with Gasteiger partial charge in [-0.3, -0.25) is 0 Å². The fourth-order valence-corrected chi connectivity index (χ4v) is 8.00. The van der Waals surface area contributed by atoms with E-state index in [1.165, 1.54) is 66.1 Å². The van der Waals surface area contributed by atoms with Crippen molar-refractivity contribution in [2.24, 2.45) is 0 Å². The van der Waals surface area contributed by atoms with Crippen LogP contribution in [0.25, 0.3) is 99.1 Å². The summed E-state index contributed by atoms with van der Waals surface area (Å²) in [7, 11) is 0. The Balaban J connectivity index is 1.29. The van der Waals surface area contributed by atoms with Crippen LogP contribution >= 0.6 is 0 Å². The van der Waals surface area contributed by atoms with Gasteiger partial charge in [0.15, 0.2) is 0 Å². The highest BCUT2D eigenvalue weighted by Gasteiger charge is 2.22. The van der Waals surface area contributed by atoms with Crippen molar-refractivity contribution in [2.75, 3.05) is 0 Å². The molecule has 0 unspecified atom stereocenters. The van der Waals surface area contributed by atoms with Crippen LogP contribution in [0.3, 0.4) is 0 Å². The molecule has 10 rings (SSSR count). The van der Waals surface area contributed by atoms with Crippen molar-refractivity contribution in [1.29, 1.82) is 0 Å². The second-order valence-electron chi connectivity index (χ2n) is 13.2. The minimum atomic E-state index is 0.895. The van der Waals surface area contributed by atoms with Crippen molar-refractivity contribution >= 4 is 43.5 Å². The Kier molecular flexibility index (Phi) is 6.89. The van der Waals surface area contributed by atoms with Crippen LogP contribution in [0, 0.1) is 0 Å². The lowest BCUT2D eigenvalue weighted by molar-refractivity contribution is 0.670. The molecule has 9 aromatic carbocycles. The van der Waals surface area contributed by atoms with Crippen molar-refractivity contribution < 1.29 is 4.42 Å². The number of benzene rings is 9. The molecule has 0 spiro atoms. The van der Waals surface area contributed by atoms with Crippen LogP contribution in [0.15, 0.2) is 199 Å². The Morgan fingerprint density at radius 3 is 1.27 bits per heavy atom. The van der Waals surface area contributed by atoms with Crippen molar-refractivity contribution in [2.45, 2.75) is 0 Å². The average molecular weight is 649 g/mol. The smallest absolute Gasteiger partial charge is 0.143 e. The van der Waals surface area contributed by atoms with Crippen molar-refractivity contribution in [3.05, 3.63) is 194 Å². The van der Waals surface area contributed by atoms with Crippen molar-refractivity contribution in [3.63, 3.8) is 0 Å². The average Bonchev–Trinajstić information content (AvgIpc) is 3.60. The third-order valence-electron chi connectivity index (χ3n) is 10.2. The van der Waals surface area contributed by atoms with Gasteiger partial charge in [0, 0.05) is 16.3 Å². The van der Waals surface area contributed by atoms with E-state index in [0.29, 0.717) is 0 Å². The summed E-state index contributed by atoms with van der Waals surface area (Å²) in [6.07, 6.45) is 0. The van der Waals surface area contributed by atoms with Gasteiger partial charge in [-0.25, -0.2) is 0 Å². The van der Waals surface area contributed by atoms with E-state index in [1.807, 2.05) is 0 Å². The van der Waals surface area contributed by atoms with Gasteiger partial charge in [-0.2, -0.15) is 0 Å². The molecule has 51 heavy (non-hydrogen) atoms. The molecule has 0 aliphatic rings. The summed E-state index contributed by atoms with van der Waals surface area (Å²) >= 11 is 0. The molecule has 0 bridgehead atoms. The summed E-state index contributed by atoms with van der Waals surface area (Å²) in [6, 6.07) is 69.9. The maximum atomic E-state index is 6.73. The SMILES string of the molecule is c1ccc(-c2cc(-c3ccccc3)cc(-c3c4ccccc4c(-c4cccc5oc6c(-c7ccccc7)cccc6c45)c4ccccc34)c2)cc1. The predicted octanol–water partition coefficient (Wildman–Crippen LogP) is 14.2. The molecule has 0 saturated carbocycles. The largest absolute Gasteiger partial charge is 0.455 e. The van der Waals surface area contributed by atoms with Gasteiger partial charge in [-0.05, 0) is 95.9 Å². The third kappa shape index (κ3) is 4.86. The van der Waals surface area contributed by atoms with Crippen molar-refractivity contribution in [3.8, 4) is 55.6 Å². The summed E-state index contributed by atoms with van der Waals surface area (Å²) in [5.41, 5.74) is 13.7. The standard InChI is InChI=1S/C50H32O/c1-4-16-33(17-5-1)36-30-37(34-18-6-2-7-19-34)32-38(31-36)47-40-22-10-12-24-42(40)48(43-25-13-11-23-41(43)47)44-27-15-29-46-49(44)45-28-14-26-39(50(45)51-46)35-20-8-3-9-21-35/h1-32H. The highest BCUT2D eigenvalue weighted by Crippen LogP contribution is 2.48. The Morgan fingerprint density at radius 2 is 0.706 bits per heavy atom. The zero-order valence-electron chi connectivity index (χ0n) is 27.9. The molecule has 10 aromatic rings. The molecule has 0 aliphatic carbocycles. The lowest BCUT2D eigenvalue weighted by atomic mass is 9.83. The Hall–Kier alpha value is -6.70. The molecule has 1 heteroatoms. The van der Waals surface area contributed by atoms with Gasteiger partial charge in [0.2, 0.25) is 0 Å². The van der Waals surface area contributed by atoms with Crippen LogP contribution in [0.2, 0.25) is 0 Å². The molecule has 238 valence electrons. The number of hydrogen-bond donors (Lipinski definition) is 0. The Bertz CT molecular complexity index is 2770. The van der Waals surface area contributed by atoms with Gasteiger partial charge in [0.05, 0.1) is 0 Å². The summed E-state index contributed by atoms with van der Waals surface area (Å²) in [5.74, 6) is 0. The zero-order chi connectivity index (χ0) is 33.7. The molecule has 1 heterocycles. The molecule has 0 amide bonds. The first kappa shape index (κ1) is 29.2. The maximum Gasteiger partial charge on any atom is 0.143 e. The third-order valence-corrected chi connectivity index (χ3v) is 10.2. The van der Waals surface area contributed by atoms with Crippen LogP contribution < -0.4 is 0 Å². The molecule has 0 atom stereocenters. The Labute approximate surface area is 296 Å². The highest BCUT2D eigenvalue weighted by molar-refractivity contribution is 6.26. The first-order valence-electron chi connectivity index (χ1n) is 17.5. The minimum absolute atomic E-state index is 0.895. The quantitative estimate of drug-likeness (QED) is 0.169. The van der Waals surface area contributed by atoms with E-state index in [1.54, 1.807) is 0 Å². The zero-order valence-corrected chi connectivity index (χ0v) is 27.9. The number of hydrogen-bond acceptors (Lipinski definition) is 1. The number of furan rings is 1. The number of fused-ring (bicyclic) bond motifs is 5. The van der Waals surface area contributed by atoms with Gasteiger partial charge in [0.25, 0.3) is 0 Å². The monoisotopic (exact) mass is 648 g/mol. The first-order chi connectivity index (χ1) is 25.3. The minimum Gasteiger partial charge on any atom is -0.455 e. The van der Waals surface area contributed by atoms with Crippen LogP contribution in [0.5, 0.6) is 0 Å². The molecule has 0 radical (unpaired) electrons. The summed E-state index contributed by atoms with van der Waals surface area (Å²) < 4.78 is 6.73. The van der Waals surface area contributed by atoms with Crippen LogP contribution in [-0.2, 0) is 0 Å². The van der Waals surface area contributed by atoms with Gasteiger partial charge in [-0.15, -0.1) is 0 Å². The van der Waals surface area contributed by atoms with Crippen molar-refractivity contribution in [1.82, 2.24) is 0 Å². The first-order valence-corrected chi connectivity index (χ1v) is 17.5. The number of para-hydroxylation sites is 1. The molecule has 0 saturated heterocycles. The van der Waals surface area contributed by atoms with E-state index in [2.05, 4.69) is 194 Å². The topological polar surface area (TPSA) is 13.1 Å². The number of rotatable bonds is 5. The molecular formula is C50H32O. The Morgan fingerprint density at radius 1 is 0.275 bits per heavy atom. The summed E-state index contributed by atoms with van der Waals surface area (Å²) in [5, 5.41) is 7.17. The summed E-state index contributed by atoms with van der Waals surface area (Å²) in [4.78, 5) is 0. The lowest BCUT2D eigenvalue weighted by Crippen LogP contribution is -1.92. The highest BCUT2D eigenvalue weighted by atomic mass is 16.3. The van der Waals surface area contributed by atoms with Crippen LogP contribution in [-0.4, -0.2) is 0 Å². The van der Waals surface area contributed by atoms with E-state index in [0.717, 1.165) is 33.1 Å². The van der Waals surface area contributed by atoms with Gasteiger partial charge >= 0.3 is 0 Å². The molecular weight excluding hydrogens is 617 g/mol. The predicted molar refractivity (Wildman–Crippen MR) is 216 cm³/mol. The van der Waals surface area contributed by atoms with Crippen LogP contribution in [0.4, 0.5) is 0 Å². The van der Waals surface area contributed by atoms with E-state index < -0.39 is 0 Å². The summed E-state index contributed by atoms with van der Waals surface area (Å²) in [6.45, 7) is 0. The molecule has 0 aliphatic heterocycles. The maximum absolute atomic E-state index is 6.73. The molecule has 1 nitrogen and oxygen atoms in total. The van der Waals surface area contributed by atoms with E-state index in [9.17, 15) is 0 Å². The molecule has 0 N–H and O–H groups in total. The fraction of sp³-hybridized carbons (Fsp3) is 0. The van der Waals surface area contributed by atoms with Gasteiger partial charge < -0.3 is 4.42 Å². The second-order valence-corrected chi connectivity index (χ2v) is 13.2. The van der Waals surface area contributed by atoms with E-state index in [-0.39, 0.29) is 0 Å². The van der Waals surface area contributed by atoms with E-state index in [4.69, 9.17) is 4.42 Å². The van der Waals surface area contributed by atoms with Gasteiger partial charge in [-0.1, -0.05) is 170 Å². The van der Waals surface area contributed by atoms with Crippen LogP contribution in [0.1, 0.15) is 0 Å². The lowest BCUT2D eigenvalue weighted by Gasteiger charge is -2.19. The molecule has 0 fully saturated rings. The molecule has 1 aromatic heterocycles. The fourth-order valence-electron chi connectivity index (χ4n) is 8.00. The van der Waals surface area contributed by atoms with Gasteiger partial charge in [0.1, 0.15) is 11.2 Å². The normalized spacial score (nSPS) is 11.5. The van der Waals surface area contributed by atoms with E-state index >= 15 is 0 Å². The second kappa shape index (κ2) is 12.0.